The Hall–Kier alpha value is -3.20. The second-order valence-electron chi connectivity index (χ2n) is 9.19. The minimum absolute atomic E-state index is 0.0427. The molecule has 37 heavy (non-hydrogen) atoms. The number of benzene rings is 3. The van der Waals surface area contributed by atoms with Crippen LogP contribution in [0.15, 0.2) is 65.6 Å². The van der Waals surface area contributed by atoms with Crippen molar-refractivity contribution in [2.75, 3.05) is 12.8 Å². The van der Waals surface area contributed by atoms with E-state index in [2.05, 4.69) is 10.6 Å². The zero-order chi connectivity index (χ0) is 26.6. The lowest BCUT2D eigenvalue weighted by Crippen LogP contribution is -2.43. The number of esters is 1. The maximum absolute atomic E-state index is 13.5. The summed E-state index contributed by atoms with van der Waals surface area (Å²) in [6, 6.07) is 16.4. The van der Waals surface area contributed by atoms with Crippen LogP contribution in [0.2, 0.25) is 5.02 Å². The van der Waals surface area contributed by atoms with Gasteiger partial charge in [0.2, 0.25) is 0 Å². The van der Waals surface area contributed by atoms with E-state index in [-0.39, 0.29) is 17.9 Å². The van der Waals surface area contributed by atoms with E-state index < -0.39 is 27.8 Å². The van der Waals surface area contributed by atoms with E-state index in [0.717, 1.165) is 29.5 Å². The normalized spacial score (nSPS) is 13.9. The summed E-state index contributed by atoms with van der Waals surface area (Å²) in [7, 11) is -3.44. The quantitative estimate of drug-likeness (QED) is 0.422. The molecule has 194 valence electrons. The van der Waals surface area contributed by atoms with E-state index in [1.165, 1.54) is 12.1 Å². The van der Waals surface area contributed by atoms with Crippen molar-refractivity contribution < 1.29 is 22.7 Å². The summed E-state index contributed by atoms with van der Waals surface area (Å²) < 4.78 is 29.6. The standard InChI is InChI=1S/C28H29ClN2O5S/c1-18-13-21-16-30-12-11-23(21)26(29)25(18)27(32)31-24(28(33)36-17-19-7-4-3-5-8-19)15-20-9-6-10-22(14-20)37(2,34)35/h3-10,13-14,24,30H,11-12,15-17H2,1-2H3,(H,31,32). The summed E-state index contributed by atoms with van der Waals surface area (Å²) in [5, 5.41) is 6.49. The van der Waals surface area contributed by atoms with Gasteiger partial charge in [0.25, 0.3) is 5.91 Å². The molecule has 0 fully saturated rings. The Morgan fingerprint density at radius 2 is 1.81 bits per heavy atom. The molecule has 0 spiro atoms. The number of carbonyl (C=O) groups excluding carboxylic acids is 2. The topological polar surface area (TPSA) is 102 Å². The van der Waals surface area contributed by atoms with Gasteiger partial charge in [0, 0.05) is 19.2 Å². The fourth-order valence-corrected chi connectivity index (χ4v) is 5.56. The molecular formula is C28H29ClN2O5S. The van der Waals surface area contributed by atoms with Crippen LogP contribution in [0.5, 0.6) is 0 Å². The van der Waals surface area contributed by atoms with Crippen LogP contribution in [0.3, 0.4) is 0 Å². The molecule has 0 saturated carbocycles. The van der Waals surface area contributed by atoms with Crippen LogP contribution in [-0.4, -0.2) is 39.1 Å². The molecule has 0 radical (unpaired) electrons. The second kappa shape index (κ2) is 11.5. The van der Waals surface area contributed by atoms with Crippen LogP contribution in [0, 0.1) is 6.92 Å². The average molecular weight is 541 g/mol. The van der Waals surface area contributed by atoms with Gasteiger partial charge in [-0.25, -0.2) is 13.2 Å². The highest BCUT2D eigenvalue weighted by Gasteiger charge is 2.28. The van der Waals surface area contributed by atoms with E-state index in [0.29, 0.717) is 34.7 Å². The number of ether oxygens (including phenoxy) is 1. The van der Waals surface area contributed by atoms with Crippen LogP contribution in [0.25, 0.3) is 0 Å². The van der Waals surface area contributed by atoms with Gasteiger partial charge in [0.05, 0.1) is 15.5 Å². The van der Waals surface area contributed by atoms with E-state index in [1.54, 1.807) is 12.1 Å². The molecule has 3 aromatic carbocycles. The van der Waals surface area contributed by atoms with Crippen molar-refractivity contribution in [1.29, 1.82) is 0 Å². The van der Waals surface area contributed by atoms with Crippen molar-refractivity contribution >= 4 is 33.3 Å². The molecule has 1 unspecified atom stereocenters. The lowest BCUT2D eigenvalue weighted by Gasteiger charge is -2.23. The number of hydrogen-bond donors (Lipinski definition) is 2. The maximum atomic E-state index is 13.5. The van der Waals surface area contributed by atoms with Crippen molar-refractivity contribution in [2.45, 2.75) is 43.9 Å². The predicted molar refractivity (Wildman–Crippen MR) is 142 cm³/mol. The number of hydrogen-bond acceptors (Lipinski definition) is 6. The molecule has 0 bridgehead atoms. The zero-order valence-corrected chi connectivity index (χ0v) is 22.3. The van der Waals surface area contributed by atoms with Gasteiger partial charge < -0.3 is 15.4 Å². The van der Waals surface area contributed by atoms with Crippen LogP contribution in [0.4, 0.5) is 0 Å². The van der Waals surface area contributed by atoms with Crippen LogP contribution < -0.4 is 10.6 Å². The highest BCUT2D eigenvalue weighted by molar-refractivity contribution is 7.90. The summed E-state index contributed by atoms with van der Waals surface area (Å²) >= 11 is 6.69. The number of sulfone groups is 1. The molecule has 1 aliphatic rings. The number of amides is 1. The van der Waals surface area contributed by atoms with E-state index in [9.17, 15) is 18.0 Å². The highest BCUT2D eigenvalue weighted by atomic mass is 35.5. The molecular weight excluding hydrogens is 512 g/mol. The van der Waals surface area contributed by atoms with Gasteiger partial charge in [-0.1, -0.05) is 60.1 Å². The van der Waals surface area contributed by atoms with E-state index in [4.69, 9.17) is 16.3 Å². The van der Waals surface area contributed by atoms with Crippen molar-refractivity contribution in [2.24, 2.45) is 0 Å². The maximum Gasteiger partial charge on any atom is 0.329 e. The van der Waals surface area contributed by atoms with Crippen molar-refractivity contribution in [1.82, 2.24) is 10.6 Å². The number of carbonyl (C=O) groups is 2. The summed E-state index contributed by atoms with van der Waals surface area (Å²) in [6.07, 6.45) is 1.87. The Kier molecular flexibility index (Phi) is 8.32. The lowest BCUT2D eigenvalue weighted by atomic mass is 9.94. The Balaban J connectivity index is 1.61. The molecule has 2 N–H and O–H groups in total. The largest absolute Gasteiger partial charge is 0.459 e. The van der Waals surface area contributed by atoms with Gasteiger partial charge in [-0.15, -0.1) is 0 Å². The predicted octanol–water partition coefficient (Wildman–Crippen LogP) is 3.78. The first-order valence-electron chi connectivity index (χ1n) is 12.0. The van der Waals surface area contributed by atoms with Crippen LogP contribution in [-0.2, 0) is 45.4 Å². The van der Waals surface area contributed by atoms with E-state index in [1.807, 2.05) is 43.3 Å². The number of halogens is 1. The Labute approximate surface area is 222 Å². The fraction of sp³-hybridized carbons (Fsp3) is 0.286. The molecule has 1 amide bonds. The molecule has 0 saturated heterocycles. The molecule has 7 nitrogen and oxygen atoms in total. The molecule has 1 heterocycles. The number of rotatable bonds is 8. The van der Waals surface area contributed by atoms with Crippen molar-refractivity contribution in [3.8, 4) is 0 Å². The Bertz CT molecular complexity index is 1420. The third-order valence-electron chi connectivity index (χ3n) is 6.33. The van der Waals surface area contributed by atoms with Gasteiger partial charge in [0.15, 0.2) is 9.84 Å². The third kappa shape index (κ3) is 6.57. The zero-order valence-electron chi connectivity index (χ0n) is 20.7. The monoisotopic (exact) mass is 540 g/mol. The first kappa shape index (κ1) is 26.9. The molecule has 3 aromatic rings. The molecule has 1 aliphatic heterocycles. The molecule has 1 atom stereocenters. The number of aryl methyl sites for hydroxylation is 1. The first-order valence-corrected chi connectivity index (χ1v) is 14.2. The van der Waals surface area contributed by atoms with E-state index >= 15 is 0 Å². The smallest absolute Gasteiger partial charge is 0.329 e. The van der Waals surface area contributed by atoms with Crippen molar-refractivity contribution in [3.05, 3.63) is 99.1 Å². The van der Waals surface area contributed by atoms with Crippen LogP contribution >= 0.6 is 11.6 Å². The SMILES string of the molecule is Cc1cc2c(c(Cl)c1C(=O)NC(Cc1cccc(S(C)(=O)=O)c1)C(=O)OCc1ccccc1)CCNC2. The molecule has 0 aromatic heterocycles. The van der Waals surface area contributed by atoms with Gasteiger partial charge in [-0.2, -0.15) is 0 Å². The third-order valence-corrected chi connectivity index (χ3v) is 7.86. The number of nitrogens with one attached hydrogen (secondary N) is 2. The second-order valence-corrected chi connectivity index (χ2v) is 11.6. The Morgan fingerprint density at radius 1 is 1.08 bits per heavy atom. The summed E-state index contributed by atoms with van der Waals surface area (Å²) in [5.41, 5.74) is 4.40. The fourth-order valence-electron chi connectivity index (χ4n) is 4.42. The molecule has 9 heteroatoms. The summed E-state index contributed by atoms with van der Waals surface area (Å²) in [4.78, 5) is 26.8. The van der Waals surface area contributed by atoms with Crippen LogP contribution in [0.1, 0.15) is 38.2 Å². The van der Waals surface area contributed by atoms with Gasteiger partial charge in [0.1, 0.15) is 12.6 Å². The minimum atomic E-state index is -3.44. The van der Waals surface area contributed by atoms with Crippen molar-refractivity contribution in [3.63, 3.8) is 0 Å². The van der Waals surface area contributed by atoms with Gasteiger partial charge >= 0.3 is 5.97 Å². The lowest BCUT2D eigenvalue weighted by molar-refractivity contribution is -0.147. The number of fused-ring (bicyclic) bond motifs is 1. The molecule has 0 aliphatic carbocycles. The van der Waals surface area contributed by atoms with Gasteiger partial charge in [-0.3, -0.25) is 4.79 Å². The Morgan fingerprint density at radius 3 is 2.54 bits per heavy atom. The summed E-state index contributed by atoms with van der Waals surface area (Å²) in [5.74, 6) is -1.11. The molecule has 4 rings (SSSR count). The summed E-state index contributed by atoms with van der Waals surface area (Å²) in [6.45, 7) is 3.31. The van der Waals surface area contributed by atoms with Gasteiger partial charge in [-0.05, 0) is 59.8 Å². The highest BCUT2D eigenvalue weighted by Crippen LogP contribution is 2.30. The average Bonchev–Trinajstić information content (AvgIpc) is 2.87. The first-order chi connectivity index (χ1) is 17.6. The minimum Gasteiger partial charge on any atom is -0.459 e.